The van der Waals surface area contributed by atoms with Crippen LogP contribution in [0.5, 0.6) is 0 Å². The lowest BCUT2D eigenvalue weighted by atomic mass is 10.2. The van der Waals surface area contributed by atoms with E-state index in [1.54, 1.807) is 6.20 Å². The number of para-hydroxylation sites is 1. The fraction of sp³-hybridized carbons (Fsp3) is 0.200. The molecule has 144 valence electrons. The maximum absolute atomic E-state index is 12.5. The highest BCUT2D eigenvalue weighted by molar-refractivity contribution is 5.93. The summed E-state index contributed by atoms with van der Waals surface area (Å²) in [5.41, 5.74) is 7.80. The van der Waals surface area contributed by atoms with Crippen LogP contribution < -0.4 is 26.8 Å². The van der Waals surface area contributed by atoms with Gasteiger partial charge in [0, 0.05) is 43.9 Å². The van der Waals surface area contributed by atoms with E-state index >= 15 is 0 Å². The standard InChI is InChI=1S/C20H23N7O/c21-17(14-27(22)16-5-2-1-3-6-16)20(28)24-15-8-11-26(13-15)19-18-7-4-10-25(18)12-9-23-19/h1-7,9-10,12,14-15H,8,11,13,21-22H2,(H,24,28)/b17-14-. The number of hydrazine groups is 1. The highest BCUT2D eigenvalue weighted by Crippen LogP contribution is 2.23. The Hall–Kier alpha value is -3.52. The maximum Gasteiger partial charge on any atom is 0.269 e. The van der Waals surface area contributed by atoms with E-state index < -0.39 is 0 Å². The van der Waals surface area contributed by atoms with Gasteiger partial charge in [-0.05, 0) is 30.7 Å². The van der Waals surface area contributed by atoms with Gasteiger partial charge >= 0.3 is 0 Å². The predicted molar refractivity (Wildman–Crippen MR) is 109 cm³/mol. The number of hydrogen-bond donors (Lipinski definition) is 3. The third-order valence-corrected chi connectivity index (χ3v) is 4.85. The summed E-state index contributed by atoms with van der Waals surface area (Å²) in [6, 6.07) is 13.3. The molecule has 4 rings (SSSR count). The van der Waals surface area contributed by atoms with Crippen molar-refractivity contribution in [3.05, 3.63) is 73.0 Å². The van der Waals surface area contributed by atoms with Crippen LogP contribution >= 0.6 is 0 Å². The molecule has 1 aliphatic heterocycles. The summed E-state index contributed by atoms with van der Waals surface area (Å²) in [7, 11) is 0. The summed E-state index contributed by atoms with van der Waals surface area (Å²) in [5.74, 6) is 6.56. The Kier molecular flexibility index (Phi) is 4.86. The van der Waals surface area contributed by atoms with Crippen LogP contribution in [-0.2, 0) is 4.79 Å². The van der Waals surface area contributed by atoms with Crippen molar-refractivity contribution >= 4 is 22.9 Å². The number of anilines is 2. The van der Waals surface area contributed by atoms with Gasteiger partial charge in [0.25, 0.3) is 5.91 Å². The minimum Gasteiger partial charge on any atom is -0.393 e. The Labute approximate surface area is 163 Å². The molecule has 0 bridgehead atoms. The van der Waals surface area contributed by atoms with Crippen molar-refractivity contribution in [1.29, 1.82) is 0 Å². The molecule has 1 fully saturated rings. The fourth-order valence-corrected chi connectivity index (χ4v) is 3.42. The van der Waals surface area contributed by atoms with Crippen LogP contribution in [0.4, 0.5) is 11.5 Å². The van der Waals surface area contributed by atoms with E-state index in [4.69, 9.17) is 11.6 Å². The number of aromatic nitrogens is 2. The first-order chi connectivity index (χ1) is 13.6. The lowest BCUT2D eigenvalue weighted by Crippen LogP contribution is -2.40. The number of nitrogens with one attached hydrogen (secondary N) is 1. The molecule has 1 atom stereocenters. The monoisotopic (exact) mass is 377 g/mol. The van der Waals surface area contributed by atoms with E-state index in [9.17, 15) is 4.79 Å². The Morgan fingerprint density at radius 2 is 2.04 bits per heavy atom. The third-order valence-electron chi connectivity index (χ3n) is 4.85. The van der Waals surface area contributed by atoms with Gasteiger partial charge in [0.05, 0.1) is 11.2 Å². The molecule has 1 saturated heterocycles. The molecular weight excluding hydrogens is 354 g/mol. The number of nitrogens with two attached hydrogens (primary N) is 2. The van der Waals surface area contributed by atoms with Crippen LogP contribution in [0.15, 0.2) is 73.0 Å². The average molecular weight is 377 g/mol. The summed E-state index contributed by atoms with van der Waals surface area (Å²) < 4.78 is 2.04. The quantitative estimate of drug-likeness (QED) is 0.351. The predicted octanol–water partition coefficient (Wildman–Crippen LogP) is 1.21. The summed E-state index contributed by atoms with van der Waals surface area (Å²) in [5, 5.41) is 4.33. The fourth-order valence-electron chi connectivity index (χ4n) is 3.42. The summed E-state index contributed by atoms with van der Waals surface area (Å²) in [6.07, 6.45) is 7.96. The van der Waals surface area contributed by atoms with Crippen molar-refractivity contribution in [2.45, 2.75) is 12.5 Å². The number of rotatable bonds is 5. The number of hydrogen-bond acceptors (Lipinski definition) is 6. The van der Waals surface area contributed by atoms with Crippen molar-refractivity contribution in [1.82, 2.24) is 14.7 Å². The van der Waals surface area contributed by atoms with Crippen LogP contribution in [0.25, 0.3) is 5.52 Å². The second-order valence-corrected chi connectivity index (χ2v) is 6.78. The van der Waals surface area contributed by atoms with Gasteiger partial charge in [0.15, 0.2) is 5.82 Å². The molecule has 1 amide bonds. The maximum atomic E-state index is 12.5. The van der Waals surface area contributed by atoms with E-state index in [1.165, 1.54) is 11.2 Å². The molecule has 1 unspecified atom stereocenters. The number of fused-ring (bicyclic) bond motifs is 1. The van der Waals surface area contributed by atoms with E-state index in [0.717, 1.165) is 30.0 Å². The average Bonchev–Trinajstić information content (AvgIpc) is 3.37. The van der Waals surface area contributed by atoms with Gasteiger partial charge in [-0.1, -0.05) is 18.2 Å². The molecule has 3 heterocycles. The molecular formula is C20H23N7O. The molecule has 3 aromatic rings. The van der Waals surface area contributed by atoms with Gasteiger partial charge in [-0.15, -0.1) is 0 Å². The van der Waals surface area contributed by atoms with Gasteiger partial charge in [-0.2, -0.15) is 0 Å². The minimum atomic E-state index is -0.327. The zero-order valence-corrected chi connectivity index (χ0v) is 15.4. The number of carbonyl (C=O) groups is 1. The van der Waals surface area contributed by atoms with Crippen LogP contribution in [0.1, 0.15) is 6.42 Å². The first-order valence-corrected chi connectivity index (χ1v) is 9.15. The Morgan fingerprint density at radius 3 is 2.86 bits per heavy atom. The lowest BCUT2D eigenvalue weighted by Gasteiger charge is -2.19. The largest absolute Gasteiger partial charge is 0.393 e. The minimum absolute atomic E-state index is 0.000539. The number of nitrogens with zero attached hydrogens (tertiary/aromatic N) is 4. The molecule has 0 aliphatic carbocycles. The summed E-state index contributed by atoms with van der Waals surface area (Å²) >= 11 is 0. The van der Waals surface area contributed by atoms with E-state index in [2.05, 4.69) is 15.2 Å². The second kappa shape index (κ2) is 7.61. The van der Waals surface area contributed by atoms with Crippen molar-refractivity contribution in [2.24, 2.45) is 11.6 Å². The zero-order valence-electron chi connectivity index (χ0n) is 15.4. The SMILES string of the molecule is N/C(=C\N(N)c1ccccc1)C(=O)NC1CCN(c2nccn3cccc23)C1. The molecule has 8 heteroatoms. The molecule has 0 saturated carbocycles. The highest BCUT2D eigenvalue weighted by atomic mass is 16.2. The van der Waals surface area contributed by atoms with E-state index in [0.29, 0.717) is 6.54 Å². The van der Waals surface area contributed by atoms with Crippen LogP contribution in [0.2, 0.25) is 0 Å². The first kappa shape index (κ1) is 17.9. The van der Waals surface area contributed by atoms with Gasteiger partial charge < -0.3 is 20.4 Å². The number of carbonyl (C=O) groups excluding carboxylic acids is 1. The van der Waals surface area contributed by atoms with Crippen molar-refractivity contribution in [2.75, 3.05) is 23.0 Å². The van der Waals surface area contributed by atoms with Gasteiger partial charge in [0.2, 0.25) is 0 Å². The summed E-state index contributed by atoms with van der Waals surface area (Å²) in [4.78, 5) is 19.2. The van der Waals surface area contributed by atoms with Gasteiger partial charge in [-0.3, -0.25) is 9.80 Å². The first-order valence-electron chi connectivity index (χ1n) is 9.15. The molecule has 1 aromatic carbocycles. The van der Waals surface area contributed by atoms with Crippen molar-refractivity contribution in [3.8, 4) is 0 Å². The normalized spacial score (nSPS) is 17.1. The third kappa shape index (κ3) is 3.63. The molecule has 2 aromatic heterocycles. The van der Waals surface area contributed by atoms with Crippen molar-refractivity contribution < 1.29 is 4.79 Å². The molecule has 8 nitrogen and oxygen atoms in total. The number of benzene rings is 1. The smallest absolute Gasteiger partial charge is 0.269 e. The molecule has 28 heavy (non-hydrogen) atoms. The summed E-state index contributed by atoms with van der Waals surface area (Å²) in [6.45, 7) is 1.50. The topological polar surface area (TPSA) is 105 Å². The zero-order chi connectivity index (χ0) is 19.5. The van der Waals surface area contributed by atoms with Crippen molar-refractivity contribution in [3.63, 3.8) is 0 Å². The van der Waals surface area contributed by atoms with Gasteiger partial charge in [-0.25, -0.2) is 10.8 Å². The molecule has 0 radical (unpaired) electrons. The van der Waals surface area contributed by atoms with E-state index in [1.807, 2.05) is 59.3 Å². The molecule has 5 N–H and O–H groups in total. The lowest BCUT2D eigenvalue weighted by molar-refractivity contribution is -0.118. The highest BCUT2D eigenvalue weighted by Gasteiger charge is 2.26. The van der Waals surface area contributed by atoms with Crippen LogP contribution in [0.3, 0.4) is 0 Å². The Bertz CT molecular complexity index is 998. The van der Waals surface area contributed by atoms with E-state index in [-0.39, 0.29) is 17.6 Å². The Morgan fingerprint density at radius 1 is 1.21 bits per heavy atom. The van der Waals surface area contributed by atoms with Crippen LogP contribution in [-0.4, -0.2) is 34.4 Å². The second-order valence-electron chi connectivity index (χ2n) is 6.78. The molecule has 0 spiro atoms. The number of amides is 1. The molecule has 1 aliphatic rings. The van der Waals surface area contributed by atoms with Crippen LogP contribution in [0, 0.1) is 0 Å². The Balaban J connectivity index is 1.39. The van der Waals surface area contributed by atoms with Gasteiger partial charge in [0.1, 0.15) is 5.70 Å².